The highest BCUT2D eigenvalue weighted by molar-refractivity contribution is 7.09. The summed E-state index contributed by atoms with van der Waals surface area (Å²) in [7, 11) is 1.46. The number of benzene rings is 1. The lowest BCUT2D eigenvalue weighted by Crippen LogP contribution is -2.04. The number of carboxylic acids is 1. The highest BCUT2D eigenvalue weighted by atomic mass is 32.1. The number of methoxy groups -OCH3 is 1. The smallest absolute Gasteiger partial charge is 0.355 e. The van der Waals surface area contributed by atoms with Crippen LogP contribution in [0.3, 0.4) is 0 Å². The molecule has 2 aromatic rings. The number of ether oxygens (including phenoxy) is 1. The summed E-state index contributed by atoms with van der Waals surface area (Å²) in [5, 5.41) is 24.6. The third-order valence-electron chi connectivity index (χ3n) is 2.60. The second-order valence-electron chi connectivity index (χ2n) is 3.93. The molecule has 0 atom stereocenters. The summed E-state index contributed by atoms with van der Waals surface area (Å²) in [6.45, 7) is 0.186. The molecule has 0 aliphatic rings. The lowest BCUT2D eigenvalue weighted by molar-refractivity contribution is -0.384. The second kappa shape index (κ2) is 6.18. The van der Waals surface area contributed by atoms with Gasteiger partial charge in [0.2, 0.25) is 0 Å². The summed E-state index contributed by atoms with van der Waals surface area (Å²) in [5.74, 6) is -0.627. The van der Waals surface area contributed by atoms with E-state index in [-0.39, 0.29) is 23.6 Å². The zero-order valence-electron chi connectivity index (χ0n) is 10.9. The number of carbonyl (C=O) groups is 1. The lowest BCUT2D eigenvalue weighted by Gasteiger charge is -2.07. The number of hydrogen-bond acceptors (Lipinski definition) is 7. The average Bonchev–Trinajstić information content (AvgIpc) is 2.93. The van der Waals surface area contributed by atoms with Crippen LogP contribution in [0, 0.1) is 10.1 Å². The van der Waals surface area contributed by atoms with E-state index in [0.717, 1.165) is 0 Å². The van der Waals surface area contributed by atoms with E-state index in [1.807, 2.05) is 0 Å². The predicted molar refractivity (Wildman–Crippen MR) is 76.0 cm³/mol. The molecular formula is C12H11N3O5S. The first-order chi connectivity index (χ1) is 10.0. The van der Waals surface area contributed by atoms with E-state index in [9.17, 15) is 14.9 Å². The second-order valence-corrected chi connectivity index (χ2v) is 4.87. The number of nitrogens with zero attached hydrogens (tertiary/aromatic N) is 2. The molecule has 0 aliphatic carbocycles. The van der Waals surface area contributed by atoms with E-state index in [2.05, 4.69) is 10.3 Å². The summed E-state index contributed by atoms with van der Waals surface area (Å²) in [4.78, 5) is 25.1. The Labute approximate surface area is 123 Å². The summed E-state index contributed by atoms with van der Waals surface area (Å²) in [6, 6.07) is 4.34. The molecule has 0 radical (unpaired) electrons. The van der Waals surface area contributed by atoms with E-state index in [1.54, 1.807) is 0 Å². The molecule has 1 aromatic carbocycles. The molecule has 0 bridgehead atoms. The van der Waals surface area contributed by atoms with Crippen molar-refractivity contribution in [1.82, 2.24) is 4.98 Å². The number of thiazole rings is 1. The summed E-state index contributed by atoms with van der Waals surface area (Å²) >= 11 is 1.17. The first-order valence-electron chi connectivity index (χ1n) is 5.75. The monoisotopic (exact) mass is 309 g/mol. The van der Waals surface area contributed by atoms with Crippen molar-refractivity contribution in [1.29, 1.82) is 0 Å². The van der Waals surface area contributed by atoms with Gasteiger partial charge in [-0.15, -0.1) is 11.3 Å². The van der Waals surface area contributed by atoms with Gasteiger partial charge in [0.25, 0.3) is 5.69 Å². The zero-order valence-corrected chi connectivity index (χ0v) is 11.7. The van der Waals surface area contributed by atoms with Crippen molar-refractivity contribution < 1.29 is 19.6 Å². The highest BCUT2D eigenvalue weighted by Crippen LogP contribution is 2.29. The first kappa shape index (κ1) is 14.7. The Kier molecular flexibility index (Phi) is 4.33. The van der Waals surface area contributed by atoms with Crippen LogP contribution in [0.25, 0.3) is 0 Å². The van der Waals surface area contributed by atoms with Gasteiger partial charge >= 0.3 is 5.97 Å². The minimum Gasteiger partial charge on any atom is -0.497 e. The molecule has 2 N–H and O–H groups in total. The Bertz CT molecular complexity index is 685. The number of anilines is 1. The van der Waals surface area contributed by atoms with Gasteiger partial charge in [-0.25, -0.2) is 9.78 Å². The van der Waals surface area contributed by atoms with Crippen LogP contribution in [0.2, 0.25) is 0 Å². The van der Waals surface area contributed by atoms with E-state index in [1.165, 1.54) is 42.0 Å². The number of hydrogen-bond donors (Lipinski definition) is 2. The molecular weight excluding hydrogens is 298 g/mol. The molecule has 21 heavy (non-hydrogen) atoms. The molecule has 0 fully saturated rings. The average molecular weight is 309 g/mol. The van der Waals surface area contributed by atoms with Crippen molar-refractivity contribution in [3.05, 3.63) is 44.4 Å². The van der Waals surface area contributed by atoms with Crippen LogP contribution in [0.4, 0.5) is 11.4 Å². The van der Waals surface area contributed by atoms with Crippen molar-refractivity contribution in [3.8, 4) is 5.75 Å². The number of nitrogens with one attached hydrogen (secondary N) is 1. The van der Waals surface area contributed by atoms with E-state index >= 15 is 0 Å². The van der Waals surface area contributed by atoms with Crippen molar-refractivity contribution in [2.75, 3.05) is 12.4 Å². The van der Waals surface area contributed by atoms with E-state index in [0.29, 0.717) is 10.8 Å². The van der Waals surface area contributed by atoms with Gasteiger partial charge < -0.3 is 15.2 Å². The Morgan fingerprint density at radius 1 is 1.57 bits per heavy atom. The lowest BCUT2D eigenvalue weighted by atomic mass is 10.2. The van der Waals surface area contributed by atoms with Gasteiger partial charge in [-0.3, -0.25) is 10.1 Å². The van der Waals surface area contributed by atoms with Gasteiger partial charge in [0.15, 0.2) is 5.69 Å². The largest absolute Gasteiger partial charge is 0.497 e. The fourth-order valence-electron chi connectivity index (χ4n) is 1.60. The molecule has 0 aliphatic heterocycles. The third kappa shape index (κ3) is 3.45. The highest BCUT2D eigenvalue weighted by Gasteiger charge is 2.15. The Morgan fingerprint density at radius 2 is 2.33 bits per heavy atom. The normalized spacial score (nSPS) is 10.1. The van der Waals surface area contributed by atoms with Crippen LogP contribution >= 0.6 is 11.3 Å². The number of nitro groups is 1. The fraction of sp³-hybridized carbons (Fsp3) is 0.167. The summed E-state index contributed by atoms with van der Waals surface area (Å²) in [5.41, 5.74) is 0.147. The van der Waals surface area contributed by atoms with Crippen molar-refractivity contribution in [2.45, 2.75) is 6.54 Å². The van der Waals surface area contributed by atoms with E-state index < -0.39 is 10.9 Å². The first-order valence-corrected chi connectivity index (χ1v) is 6.63. The van der Waals surface area contributed by atoms with Crippen LogP contribution in [-0.2, 0) is 6.54 Å². The maximum Gasteiger partial charge on any atom is 0.355 e. The number of rotatable bonds is 6. The molecule has 8 nitrogen and oxygen atoms in total. The fourth-order valence-corrected chi connectivity index (χ4v) is 2.31. The van der Waals surface area contributed by atoms with Crippen LogP contribution in [0.15, 0.2) is 23.6 Å². The molecule has 0 unspecified atom stereocenters. The topological polar surface area (TPSA) is 115 Å². The minimum atomic E-state index is -1.11. The van der Waals surface area contributed by atoms with Crippen LogP contribution in [0.5, 0.6) is 5.75 Å². The third-order valence-corrected chi connectivity index (χ3v) is 3.45. The van der Waals surface area contributed by atoms with Crippen LogP contribution in [0.1, 0.15) is 15.5 Å². The molecule has 9 heteroatoms. The van der Waals surface area contributed by atoms with Crippen molar-refractivity contribution in [3.63, 3.8) is 0 Å². The summed E-state index contributed by atoms with van der Waals surface area (Å²) in [6.07, 6.45) is 0. The van der Waals surface area contributed by atoms with E-state index in [4.69, 9.17) is 9.84 Å². The number of carboxylic acid groups (broad SMARTS) is 1. The van der Waals surface area contributed by atoms with Crippen LogP contribution < -0.4 is 10.1 Å². The Morgan fingerprint density at radius 3 is 2.90 bits per heavy atom. The minimum absolute atomic E-state index is 0.0445. The maximum atomic E-state index is 11.0. The molecule has 0 spiro atoms. The summed E-state index contributed by atoms with van der Waals surface area (Å²) < 4.78 is 5.02. The van der Waals surface area contributed by atoms with Gasteiger partial charge in [0, 0.05) is 17.5 Å². The van der Waals surface area contributed by atoms with Gasteiger partial charge in [-0.05, 0) is 6.07 Å². The Hall–Kier alpha value is -2.68. The number of nitro benzene ring substituents is 1. The predicted octanol–water partition coefficient (Wildman–Crippen LogP) is 2.37. The maximum absolute atomic E-state index is 11.0. The zero-order chi connectivity index (χ0) is 15.4. The molecule has 2 rings (SSSR count). The molecule has 110 valence electrons. The molecule has 1 heterocycles. The van der Waals surface area contributed by atoms with Gasteiger partial charge in [0.05, 0.1) is 18.6 Å². The number of aromatic carboxylic acids is 1. The molecule has 0 saturated carbocycles. The van der Waals surface area contributed by atoms with Gasteiger partial charge in [-0.2, -0.15) is 0 Å². The van der Waals surface area contributed by atoms with Gasteiger partial charge in [-0.1, -0.05) is 0 Å². The molecule has 0 saturated heterocycles. The quantitative estimate of drug-likeness (QED) is 0.621. The number of aromatic nitrogens is 1. The van der Waals surface area contributed by atoms with Crippen LogP contribution in [-0.4, -0.2) is 28.1 Å². The molecule has 1 aromatic heterocycles. The standard InChI is InChI=1S/C12H11N3O5S/c1-20-7-2-3-10(15(18)19)8(4-7)13-5-11-14-9(6-21-11)12(16)17/h2-4,6,13H,5H2,1H3,(H,16,17). The Balaban J connectivity index is 2.17. The van der Waals surface area contributed by atoms with Crippen molar-refractivity contribution in [2.24, 2.45) is 0 Å². The SMILES string of the molecule is COc1ccc([N+](=O)[O-])c(NCc2nc(C(=O)O)cs2)c1. The van der Waals surface area contributed by atoms with Crippen molar-refractivity contribution >= 4 is 28.7 Å². The van der Waals surface area contributed by atoms with Gasteiger partial charge in [0.1, 0.15) is 16.4 Å². The molecule has 0 amide bonds.